The summed E-state index contributed by atoms with van der Waals surface area (Å²) < 4.78 is 0. The summed E-state index contributed by atoms with van der Waals surface area (Å²) in [5.41, 5.74) is 0. The highest BCUT2D eigenvalue weighted by Crippen LogP contribution is 2.43. The molecule has 4 aliphatic heterocycles. The van der Waals surface area contributed by atoms with Crippen molar-refractivity contribution in [1.29, 1.82) is 0 Å². The number of rotatable bonds is 0. The van der Waals surface area contributed by atoms with Crippen molar-refractivity contribution >= 4 is 5.91 Å². The van der Waals surface area contributed by atoms with Crippen LogP contribution in [0.2, 0.25) is 0 Å². The Bertz CT molecular complexity index is 401. The van der Waals surface area contributed by atoms with Crippen molar-refractivity contribution in [1.82, 2.24) is 9.80 Å². The molecule has 4 aliphatic rings. The monoisotopic (exact) mass is 326 g/mol. The lowest BCUT2D eigenvalue weighted by Crippen LogP contribution is -3.00. The van der Waals surface area contributed by atoms with E-state index >= 15 is 0 Å². The first-order valence-electron chi connectivity index (χ1n) is 7.56. The van der Waals surface area contributed by atoms with Crippen LogP contribution in [0.3, 0.4) is 0 Å². The van der Waals surface area contributed by atoms with E-state index < -0.39 is 0 Å². The largest absolute Gasteiger partial charge is 1.00 e. The Morgan fingerprint density at radius 2 is 2.00 bits per heavy atom. The van der Waals surface area contributed by atoms with Gasteiger partial charge in [0.15, 0.2) is 0 Å². The third kappa shape index (κ3) is 2.07. The predicted octanol–water partition coefficient (Wildman–Crippen LogP) is -1.24. The van der Waals surface area contributed by atoms with Gasteiger partial charge >= 0.3 is 1.43 Å². The van der Waals surface area contributed by atoms with Crippen LogP contribution >= 0.6 is 0 Å². The molecule has 0 aromatic rings. The SMILES string of the molecule is O=C1C=CC[C@@H]2[C@H]3CCCN4CCC[C@@H](CN12)[C@@H]34.[Br-].[H+]. The molecular weight excluding hydrogens is 304 g/mol. The van der Waals surface area contributed by atoms with E-state index in [1.54, 1.807) is 6.08 Å². The molecule has 0 aromatic carbocycles. The summed E-state index contributed by atoms with van der Waals surface area (Å²) in [7, 11) is 0. The molecule has 4 rings (SSSR count). The molecule has 0 bridgehead atoms. The maximum Gasteiger partial charge on any atom is 1.00 e. The van der Waals surface area contributed by atoms with Crippen molar-refractivity contribution in [3.8, 4) is 0 Å². The molecule has 106 valence electrons. The second-order valence-electron chi connectivity index (χ2n) is 6.43. The van der Waals surface area contributed by atoms with Gasteiger partial charge in [0.05, 0.1) is 0 Å². The van der Waals surface area contributed by atoms with Crippen LogP contribution in [-0.4, -0.2) is 47.4 Å². The molecular formula is C15H23BrN2O. The number of nitrogens with zero attached hydrogens (tertiary/aromatic N) is 2. The van der Waals surface area contributed by atoms with Gasteiger partial charge in [-0.05, 0) is 63.1 Å². The first-order valence-corrected chi connectivity index (χ1v) is 7.56. The summed E-state index contributed by atoms with van der Waals surface area (Å²) in [5.74, 6) is 1.76. The molecule has 0 N–H and O–H groups in total. The lowest BCUT2D eigenvalue weighted by molar-refractivity contribution is -0.141. The molecule has 19 heavy (non-hydrogen) atoms. The maximum absolute atomic E-state index is 12.1. The molecule has 3 nitrogen and oxygen atoms in total. The number of fused-ring (bicyclic) bond motifs is 2. The second kappa shape index (κ2) is 5.21. The fourth-order valence-corrected chi connectivity index (χ4v) is 4.95. The number of carbonyl (C=O) groups excluding carboxylic acids is 1. The van der Waals surface area contributed by atoms with Gasteiger partial charge in [-0.3, -0.25) is 9.69 Å². The zero-order valence-corrected chi connectivity index (χ0v) is 12.9. The molecule has 3 saturated heterocycles. The van der Waals surface area contributed by atoms with Crippen molar-refractivity contribution in [2.45, 2.75) is 44.2 Å². The van der Waals surface area contributed by atoms with Crippen LogP contribution in [0.25, 0.3) is 0 Å². The molecule has 0 aliphatic carbocycles. The first kappa shape index (κ1) is 13.6. The minimum atomic E-state index is 0. The summed E-state index contributed by atoms with van der Waals surface area (Å²) in [5, 5.41) is 0. The van der Waals surface area contributed by atoms with Crippen molar-refractivity contribution in [2.24, 2.45) is 11.8 Å². The lowest BCUT2D eigenvalue weighted by atomic mass is 9.68. The van der Waals surface area contributed by atoms with E-state index in [1.807, 2.05) is 0 Å². The van der Waals surface area contributed by atoms with Crippen LogP contribution in [0.1, 0.15) is 33.5 Å². The Labute approximate surface area is 127 Å². The summed E-state index contributed by atoms with van der Waals surface area (Å²) in [6.45, 7) is 3.62. The molecule has 0 spiro atoms. The minimum Gasteiger partial charge on any atom is -1.00 e. The molecule has 4 heteroatoms. The molecule has 4 atom stereocenters. The highest BCUT2D eigenvalue weighted by molar-refractivity contribution is 5.88. The lowest BCUT2D eigenvalue weighted by Gasteiger charge is -2.57. The van der Waals surface area contributed by atoms with Crippen molar-refractivity contribution < 1.29 is 23.2 Å². The van der Waals surface area contributed by atoms with Crippen LogP contribution in [0.15, 0.2) is 12.2 Å². The van der Waals surface area contributed by atoms with Crippen molar-refractivity contribution in [2.75, 3.05) is 19.6 Å². The molecule has 0 aromatic heterocycles. The summed E-state index contributed by atoms with van der Waals surface area (Å²) >= 11 is 0. The Balaban J connectivity index is 0.000000735. The minimum absolute atomic E-state index is 0. The summed E-state index contributed by atoms with van der Waals surface area (Å²) in [4.78, 5) is 17.0. The molecule has 3 fully saturated rings. The standard InChI is InChI=1S/C15H22N2O.BrH/c18-14-7-1-6-13-12-5-3-9-16-8-2-4-11(15(12)16)10-17(13)14;/h1,7,11-13,15H,2-6,8-10H2;1H/t11-,12+,13+,15-;/m0./s1. The van der Waals surface area contributed by atoms with E-state index in [0.717, 1.165) is 30.8 Å². The van der Waals surface area contributed by atoms with Crippen molar-refractivity contribution in [3.05, 3.63) is 12.2 Å². The Hall–Kier alpha value is -0.350. The van der Waals surface area contributed by atoms with Gasteiger partial charge in [0.1, 0.15) is 0 Å². The highest BCUT2D eigenvalue weighted by Gasteiger charge is 2.49. The first-order chi connectivity index (χ1) is 8.84. The average molecular weight is 327 g/mol. The van der Waals surface area contributed by atoms with Crippen LogP contribution in [0, 0.1) is 11.8 Å². The Kier molecular flexibility index (Phi) is 3.73. The molecule has 0 radical (unpaired) electrons. The zero-order valence-electron chi connectivity index (χ0n) is 12.3. The predicted molar refractivity (Wildman–Crippen MR) is 71.2 cm³/mol. The number of amides is 1. The molecule has 0 saturated carbocycles. The highest BCUT2D eigenvalue weighted by atomic mass is 79.9. The van der Waals surface area contributed by atoms with Crippen LogP contribution in [-0.2, 0) is 4.79 Å². The third-order valence-corrected chi connectivity index (χ3v) is 5.59. The summed E-state index contributed by atoms with van der Waals surface area (Å²) in [6.07, 6.45) is 10.3. The number of hydrogen-bond donors (Lipinski definition) is 0. The quantitative estimate of drug-likeness (QED) is 0.556. The zero-order chi connectivity index (χ0) is 12.1. The Morgan fingerprint density at radius 1 is 1.21 bits per heavy atom. The number of carbonyl (C=O) groups is 1. The van der Waals surface area contributed by atoms with E-state index in [4.69, 9.17) is 0 Å². The van der Waals surface area contributed by atoms with Gasteiger partial charge in [-0.15, -0.1) is 0 Å². The third-order valence-electron chi connectivity index (χ3n) is 5.59. The smallest absolute Gasteiger partial charge is 1.00 e. The van der Waals surface area contributed by atoms with Crippen molar-refractivity contribution in [3.63, 3.8) is 0 Å². The number of piperidine rings is 3. The average Bonchev–Trinajstić information content (AvgIpc) is 2.41. The van der Waals surface area contributed by atoms with Crippen LogP contribution in [0.5, 0.6) is 0 Å². The molecule has 4 heterocycles. The van der Waals surface area contributed by atoms with E-state index in [2.05, 4.69) is 15.9 Å². The van der Waals surface area contributed by atoms with Gasteiger partial charge in [-0.25, -0.2) is 0 Å². The number of hydrogen-bond acceptors (Lipinski definition) is 2. The van der Waals surface area contributed by atoms with E-state index in [-0.39, 0.29) is 24.3 Å². The Morgan fingerprint density at radius 3 is 2.84 bits per heavy atom. The number of halogens is 1. The van der Waals surface area contributed by atoms with Gasteiger partial charge in [0.2, 0.25) is 5.91 Å². The normalized spacial score (nSPS) is 41.3. The van der Waals surface area contributed by atoms with Gasteiger partial charge in [0, 0.05) is 18.6 Å². The van der Waals surface area contributed by atoms with E-state index in [0.29, 0.717) is 6.04 Å². The topological polar surface area (TPSA) is 23.6 Å². The van der Waals surface area contributed by atoms with Crippen LogP contribution in [0.4, 0.5) is 0 Å². The van der Waals surface area contributed by atoms with Gasteiger partial charge in [-0.1, -0.05) is 6.08 Å². The van der Waals surface area contributed by atoms with Crippen LogP contribution < -0.4 is 17.0 Å². The van der Waals surface area contributed by atoms with Gasteiger partial charge in [0.25, 0.3) is 0 Å². The van der Waals surface area contributed by atoms with Gasteiger partial charge in [-0.2, -0.15) is 0 Å². The fourth-order valence-electron chi connectivity index (χ4n) is 4.95. The summed E-state index contributed by atoms with van der Waals surface area (Å²) in [6, 6.07) is 1.29. The molecule has 1 amide bonds. The van der Waals surface area contributed by atoms with Gasteiger partial charge < -0.3 is 21.9 Å². The van der Waals surface area contributed by atoms with E-state index in [9.17, 15) is 4.79 Å². The second-order valence-corrected chi connectivity index (χ2v) is 6.43. The van der Waals surface area contributed by atoms with E-state index in [1.165, 1.54) is 38.8 Å². The molecule has 0 unspecified atom stereocenters. The fraction of sp³-hybridized carbons (Fsp3) is 0.800. The maximum atomic E-state index is 12.1.